The molecule has 116 valence electrons. The van der Waals surface area contributed by atoms with Gasteiger partial charge >= 0.3 is 11.9 Å². The minimum atomic E-state index is -0.570. The van der Waals surface area contributed by atoms with Crippen LogP contribution in [0.5, 0.6) is 0 Å². The van der Waals surface area contributed by atoms with Gasteiger partial charge in [0.25, 0.3) is 0 Å². The van der Waals surface area contributed by atoms with Crippen molar-refractivity contribution in [2.24, 2.45) is 0 Å². The zero-order chi connectivity index (χ0) is 16.4. The molecule has 0 rings (SSSR count). The maximum atomic E-state index is 11.8. The lowest BCUT2D eigenvalue weighted by atomic mass is 10.3. The summed E-state index contributed by atoms with van der Waals surface area (Å²) in [7, 11) is 0. The molecule has 0 aromatic rings. The van der Waals surface area contributed by atoms with E-state index in [0.717, 1.165) is 18.2 Å². The highest BCUT2D eigenvalue weighted by atomic mass is 16.5. The van der Waals surface area contributed by atoms with Crippen molar-refractivity contribution in [3.05, 3.63) is 38.0 Å². The molecule has 0 aromatic carbocycles. The fourth-order valence-electron chi connectivity index (χ4n) is 1.57. The summed E-state index contributed by atoms with van der Waals surface area (Å²) in [5.41, 5.74) is 0. The van der Waals surface area contributed by atoms with E-state index in [-0.39, 0.29) is 19.0 Å². The average Bonchev–Trinajstić information content (AvgIpc) is 2.44. The van der Waals surface area contributed by atoms with E-state index in [1.807, 2.05) is 0 Å². The van der Waals surface area contributed by atoms with E-state index >= 15 is 0 Å². The van der Waals surface area contributed by atoms with Crippen LogP contribution >= 0.6 is 0 Å². The van der Waals surface area contributed by atoms with Gasteiger partial charge in [-0.2, -0.15) is 0 Å². The highest BCUT2D eigenvalue weighted by Gasteiger charge is 2.20. The Bertz CT molecular complexity index is 400. The number of hydrogen-bond acceptors (Lipinski definition) is 5. The average molecular weight is 295 g/mol. The smallest absolute Gasteiger partial charge is 0.330 e. The molecule has 1 amide bonds. The molecular formula is C15H21NO5. The molecule has 0 saturated heterocycles. The van der Waals surface area contributed by atoms with E-state index in [9.17, 15) is 14.4 Å². The number of esters is 2. The van der Waals surface area contributed by atoms with Crippen molar-refractivity contribution in [2.75, 3.05) is 13.1 Å². The minimum absolute atomic E-state index is 0.153. The summed E-state index contributed by atoms with van der Waals surface area (Å²) in [6.07, 6.45) is 2.18. The van der Waals surface area contributed by atoms with Crippen LogP contribution in [-0.2, 0) is 23.9 Å². The summed E-state index contributed by atoms with van der Waals surface area (Å²) in [5.74, 6) is -1.49. The van der Waals surface area contributed by atoms with E-state index in [2.05, 4.69) is 19.7 Å². The van der Waals surface area contributed by atoms with Crippen molar-refractivity contribution in [3.63, 3.8) is 0 Å². The molecule has 6 nitrogen and oxygen atoms in total. The predicted octanol–water partition coefficient (Wildman–Crippen LogP) is 1.24. The Balaban J connectivity index is 4.65. The first-order valence-corrected chi connectivity index (χ1v) is 6.41. The lowest BCUT2D eigenvalue weighted by molar-refractivity contribution is -0.147. The summed E-state index contributed by atoms with van der Waals surface area (Å²) in [5, 5.41) is 0. The van der Waals surface area contributed by atoms with Crippen LogP contribution < -0.4 is 0 Å². The minimum Gasteiger partial charge on any atom is -0.458 e. The van der Waals surface area contributed by atoms with Gasteiger partial charge in [-0.15, -0.1) is 0 Å². The van der Waals surface area contributed by atoms with Crippen LogP contribution in [0.25, 0.3) is 0 Å². The van der Waals surface area contributed by atoms with Gasteiger partial charge in [-0.3, -0.25) is 4.79 Å². The Hall–Kier alpha value is -2.37. The molecule has 0 aliphatic heterocycles. The largest absolute Gasteiger partial charge is 0.458 e. The van der Waals surface area contributed by atoms with E-state index in [1.165, 1.54) is 4.90 Å². The molecule has 21 heavy (non-hydrogen) atoms. The number of ether oxygens (including phenoxy) is 2. The normalized spacial score (nSPS) is 12.5. The van der Waals surface area contributed by atoms with Crippen molar-refractivity contribution in [1.29, 1.82) is 0 Å². The van der Waals surface area contributed by atoms with Crippen LogP contribution in [0.3, 0.4) is 0 Å². The van der Waals surface area contributed by atoms with Crippen LogP contribution in [-0.4, -0.2) is 48.0 Å². The third-order valence-corrected chi connectivity index (χ3v) is 2.41. The maximum absolute atomic E-state index is 11.8. The fourth-order valence-corrected chi connectivity index (χ4v) is 1.57. The first kappa shape index (κ1) is 18.6. The van der Waals surface area contributed by atoms with Crippen LogP contribution in [0.1, 0.15) is 13.8 Å². The van der Waals surface area contributed by atoms with Gasteiger partial charge in [0.2, 0.25) is 5.91 Å². The van der Waals surface area contributed by atoms with Crippen molar-refractivity contribution < 1.29 is 23.9 Å². The molecule has 0 aliphatic carbocycles. The first-order valence-electron chi connectivity index (χ1n) is 6.41. The van der Waals surface area contributed by atoms with E-state index in [0.29, 0.717) is 0 Å². The molecule has 0 N–H and O–H groups in total. The number of hydrogen-bond donors (Lipinski definition) is 0. The quantitative estimate of drug-likeness (QED) is 0.472. The van der Waals surface area contributed by atoms with Crippen LogP contribution in [0, 0.1) is 0 Å². The van der Waals surface area contributed by atoms with Gasteiger partial charge in [0.05, 0.1) is 13.1 Å². The van der Waals surface area contributed by atoms with E-state index in [1.54, 1.807) is 13.8 Å². The van der Waals surface area contributed by atoms with Crippen molar-refractivity contribution >= 4 is 17.8 Å². The van der Waals surface area contributed by atoms with Gasteiger partial charge in [0.15, 0.2) is 0 Å². The molecule has 0 spiro atoms. The molecule has 0 aliphatic rings. The Morgan fingerprint density at radius 2 is 1.29 bits per heavy atom. The summed E-state index contributed by atoms with van der Waals surface area (Å²) < 4.78 is 10.00. The predicted molar refractivity (Wildman–Crippen MR) is 78.3 cm³/mol. The van der Waals surface area contributed by atoms with Gasteiger partial charge in [-0.25, -0.2) is 9.59 Å². The maximum Gasteiger partial charge on any atom is 0.330 e. The molecule has 2 unspecified atom stereocenters. The fraction of sp³-hybridized carbons (Fsp3) is 0.400. The second-order valence-electron chi connectivity index (χ2n) is 4.35. The molecular weight excluding hydrogens is 274 g/mol. The second kappa shape index (κ2) is 9.52. The highest BCUT2D eigenvalue weighted by molar-refractivity contribution is 5.87. The van der Waals surface area contributed by atoms with Crippen LogP contribution in [0.4, 0.5) is 0 Å². The molecule has 0 heterocycles. The zero-order valence-corrected chi connectivity index (χ0v) is 12.4. The van der Waals surface area contributed by atoms with Crippen molar-refractivity contribution in [3.8, 4) is 0 Å². The number of rotatable bonds is 9. The van der Waals surface area contributed by atoms with E-state index < -0.39 is 24.1 Å². The van der Waals surface area contributed by atoms with Gasteiger partial charge in [-0.05, 0) is 19.9 Å². The van der Waals surface area contributed by atoms with Gasteiger partial charge in [0.1, 0.15) is 12.2 Å². The standard InChI is InChI=1S/C15H21NO5/c1-6-13(17)16(9-11(4)20-14(18)7-2)10-12(5)21-15(19)8-3/h6-8,11-12H,1-3,9-10H2,4-5H3. The molecule has 0 radical (unpaired) electrons. The molecule has 0 bridgehead atoms. The SMILES string of the molecule is C=CC(=O)OC(C)CN(CC(C)OC(=O)C=C)C(=O)C=C. The summed E-state index contributed by atoms with van der Waals surface area (Å²) >= 11 is 0. The Morgan fingerprint density at radius 3 is 1.57 bits per heavy atom. The highest BCUT2D eigenvalue weighted by Crippen LogP contribution is 2.04. The van der Waals surface area contributed by atoms with Crippen molar-refractivity contribution in [2.45, 2.75) is 26.1 Å². The Labute approximate surface area is 124 Å². The number of amides is 1. The van der Waals surface area contributed by atoms with Crippen LogP contribution in [0.2, 0.25) is 0 Å². The lowest BCUT2D eigenvalue weighted by Crippen LogP contribution is -2.42. The summed E-state index contributed by atoms with van der Waals surface area (Å²) in [6.45, 7) is 13.6. The molecule has 6 heteroatoms. The monoisotopic (exact) mass is 295 g/mol. The second-order valence-corrected chi connectivity index (χ2v) is 4.35. The Morgan fingerprint density at radius 1 is 0.905 bits per heavy atom. The number of carbonyl (C=O) groups excluding carboxylic acids is 3. The number of nitrogens with zero attached hydrogens (tertiary/aromatic N) is 1. The molecule has 2 atom stereocenters. The van der Waals surface area contributed by atoms with Gasteiger partial charge in [0, 0.05) is 12.2 Å². The first-order chi connectivity index (χ1) is 9.83. The number of carbonyl (C=O) groups is 3. The third-order valence-electron chi connectivity index (χ3n) is 2.41. The molecule has 0 saturated carbocycles. The molecule has 0 fully saturated rings. The van der Waals surface area contributed by atoms with Crippen molar-refractivity contribution in [1.82, 2.24) is 4.90 Å². The van der Waals surface area contributed by atoms with E-state index in [4.69, 9.17) is 9.47 Å². The summed E-state index contributed by atoms with van der Waals surface area (Å²) in [6, 6.07) is 0. The van der Waals surface area contributed by atoms with Gasteiger partial charge < -0.3 is 14.4 Å². The van der Waals surface area contributed by atoms with Gasteiger partial charge in [-0.1, -0.05) is 19.7 Å². The summed E-state index contributed by atoms with van der Waals surface area (Å²) in [4.78, 5) is 35.4. The topological polar surface area (TPSA) is 72.9 Å². The Kier molecular flexibility index (Phi) is 8.45. The third kappa shape index (κ3) is 7.71. The van der Waals surface area contributed by atoms with Crippen LogP contribution in [0.15, 0.2) is 38.0 Å². The zero-order valence-electron chi connectivity index (χ0n) is 12.4. The molecule has 0 aromatic heterocycles. The lowest BCUT2D eigenvalue weighted by Gasteiger charge is -2.27.